The number of amides is 1. The molecule has 0 bridgehead atoms. The highest BCUT2D eigenvalue weighted by Crippen LogP contribution is 2.23. The Bertz CT molecular complexity index is 825. The fourth-order valence-electron chi connectivity index (χ4n) is 4.28. The average Bonchev–Trinajstić information content (AvgIpc) is 2.80. The SMILES string of the molecule is COc1cccc(N2CCN(CC(=O)Nc3ccc(N4CCCCC4)cc3)CC2)c1. The van der Waals surface area contributed by atoms with Crippen molar-refractivity contribution in [2.24, 2.45) is 0 Å². The number of anilines is 3. The zero-order valence-electron chi connectivity index (χ0n) is 17.8. The van der Waals surface area contributed by atoms with Gasteiger partial charge in [-0.2, -0.15) is 0 Å². The molecule has 1 amide bonds. The first-order valence-corrected chi connectivity index (χ1v) is 11.0. The third-order valence-electron chi connectivity index (χ3n) is 6.03. The molecule has 1 N–H and O–H groups in total. The number of methoxy groups -OCH3 is 1. The summed E-state index contributed by atoms with van der Waals surface area (Å²) in [5, 5.41) is 3.05. The summed E-state index contributed by atoms with van der Waals surface area (Å²) in [6, 6.07) is 16.4. The minimum Gasteiger partial charge on any atom is -0.497 e. The van der Waals surface area contributed by atoms with Gasteiger partial charge in [-0.15, -0.1) is 0 Å². The van der Waals surface area contributed by atoms with E-state index >= 15 is 0 Å². The molecule has 0 unspecified atom stereocenters. The molecule has 0 aliphatic carbocycles. The summed E-state index contributed by atoms with van der Waals surface area (Å²) >= 11 is 0. The maximum absolute atomic E-state index is 12.5. The minimum absolute atomic E-state index is 0.0514. The average molecular weight is 409 g/mol. The Balaban J connectivity index is 1.24. The van der Waals surface area contributed by atoms with Crippen molar-refractivity contribution >= 4 is 23.0 Å². The van der Waals surface area contributed by atoms with Gasteiger partial charge in [0.25, 0.3) is 0 Å². The molecule has 2 aromatic carbocycles. The second kappa shape index (κ2) is 9.85. The lowest BCUT2D eigenvalue weighted by molar-refractivity contribution is -0.117. The Labute approximate surface area is 179 Å². The Kier molecular flexibility index (Phi) is 6.74. The first-order valence-electron chi connectivity index (χ1n) is 11.0. The van der Waals surface area contributed by atoms with Crippen LogP contribution in [0.25, 0.3) is 0 Å². The standard InChI is InChI=1S/C24H32N4O2/c1-30-23-7-5-6-22(18-23)28-16-14-26(15-17-28)19-24(29)25-20-8-10-21(11-9-20)27-12-3-2-4-13-27/h5-11,18H,2-4,12-17,19H2,1H3,(H,25,29). The van der Waals surface area contributed by atoms with Gasteiger partial charge in [0.2, 0.25) is 5.91 Å². The normalized spacial score (nSPS) is 17.6. The lowest BCUT2D eigenvalue weighted by Gasteiger charge is -2.35. The Hall–Kier alpha value is -2.73. The van der Waals surface area contributed by atoms with Crippen LogP contribution in [0.5, 0.6) is 5.75 Å². The van der Waals surface area contributed by atoms with Crippen LogP contribution < -0.4 is 19.9 Å². The summed E-state index contributed by atoms with van der Waals surface area (Å²) in [6.45, 7) is 6.26. The largest absolute Gasteiger partial charge is 0.497 e. The van der Waals surface area contributed by atoms with Crippen LogP contribution in [0.15, 0.2) is 48.5 Å². The van der Waals surface area contributed by atoms with Crippen LogP contribution in [0.4, 0.5) is 17.1 Å². The van der Waals surface area contributed by atoms with Crippen LogP contribution in [-0.4, -0.2) is 63.7 Å². The van der Waals surface area contributed by atoms with Gasteiger partial charge >= 0.3 is 0 Å². The van der Waals surface area contributed by atoms with E-state index in [0.29, 0.717) is 6.54 Å². The molecule has 2 aliphatic rings. The summed E-state index contributed by atoms with van der Waals surface area (Å²) in [5.41, 5.74) is 3.30. The van der Waals surface area contributed by atoms with Gasteiger partial charge in [-0.1, -0.05) is 6.07 Å². The molecule has 6 nitrogen and oxygen atoms in total. The van der Waals surface area contributed by atoms with Gasteiger partial charge in [0.1, 0.15) is 5.75 Å². The molecule has 2 aliphatic heterocycles. The highest BCUT2D eigenvalue weighted by atomic mass is 16.5. The topological polar surface area (TPSA) is 48.1 Å². The van der Waals surface area contributed by atoms with Crippen molar-refractivity contribution in [1.29, 1.82) is 0 Å². The van der Waals surface area contributed by atoms with Gasteiger partial charge in [-0.05, 0) is 55.7 Å². The second-order valence-corrected chi connectivity index (χ2v) is 8.11. The number of nitrogens with one attached hydrogen (secondary N) is 1. The molecular weight excluding hydrogens is 376 g/mol. The fraction of sp³-hybridized carbons (Fsp3) is 0.458. The van der Waals surface area contributed by atoms with Crippen molar-refractivity contribution in [3.8, 4) is 5.75 Å². The Morgan fingerprint density at radius 2 is 1.57 bits per heavy atom. The molecule has 2 saturated heterocycles. The molecule has 0 spiro atoms. The number of rotatable bonds is 6. The van der Waals surface area contributed by atoms with E-state index in [1.165, 1.54) is 30.6 Å². The number of hydrogen-bond acceptors (Lipinski definition) is 5. The fourth-order valence-corrected chi connectivity index (χ4v) is 4.28. The Morgan fingerprint density at radius 1 is 0.867 bits per heavy atom. The lowest BCUT2D eigenvalue weighted by atomic mass is 10.1. The molecule has 2 aromatic rings. The van der Waals surface area contributed by atoms with Gasteiger partial charge in [-0.3, -0.25) is 9.69 Å². The molecule has 30 heavy (non-hydrogen) atoms. The van der Waals surface area contributed by atoms with Gasteiger partial charge in [-0.25, -0.2) is 0 Å². The number of nitrogens with zero attached hydrogens (tertiary/aromatic N) is 3. The Morgan fingerprint density at radius 3 is 2.27 bits per heavy atom. The lowest BCUT2D eigenvalue weighted by Crippen LogP contribution is -2.48. The van der Waals surface area contributed by atoms with Gasteiger partial charge in [0, 0.05) is 62.4 Å². The van der Waals surface area contributed by atoms with E-state index in [1.54, 1.807) is 7.11 Å². The van der Waals surface area contributed by atoms with Gasteiger partial charge in [0.15, 0.2) is 0 Å². The van der Waals surface area contributed by atoms with Crippen molar-refractivity contribution in [3.05, 3.63) is 48.5 Å². The predicted octanol–water partition coefficient (Wildman–Crippen LogP) is 3.45. The number of ether oxygens (including phenoxy) is 1. The maximum Gasteiger partial charge on any atom is 0.238 e. The number of benzene rings is 2. The van der Waals surface area contributed by atoms with E-state index in [4.69, 9.17) is 4.74 Å². The third-order valence-corrected chi connectivity index (χ3v) is 6.03. The van der Waals surface area contributed by atoms with E-state index in [0.717, 1.165) is 50.7 Å². The van der Waals surface area contributed by atoms with Crippen LogP contribution in [0.2, 0.25) is 0 Å². The summed E-state index contributed by atoms with van der Waals surface area (Å²) in [4.78, 5) is 19.5. The van der Waals surface area contributed by atoms with Crippen LogP contribution in [0.1, 0.15) is 19.3 Å². The first kappa shape index (κ1) is 20.5. The minimum atomic E-state index is 0.0514. The summed E-state index contributed by atoms with van der Waals surface area (Å²) in [7, 11) is 1.69. The smallest absolute Gasteiger partial charge is 0.238 e. The summed E-state index contributed by atoms with van der Waals surface area (Å²) in [5.74, 6) is 0.927. The number of hydrogen-bond donors (Lipinski definition) is 1. The molecule has 4 rings (SSSR count). The first-order chi connectivity index (χ1) is 14.7. The van der Waals surface area contributed by atoms with Crippen LogP contribution >= 0.6 is 0 Å². The summed E-state index contributed by atoms with van der Waals surface area (Å²) < 4.78 is 5.33. The van der Waals surface area contributed by atoms with E-state index in [2.05, 4.69) is 44.3 Å². The van der Waals surface area contributed by atoms with Crippen molar-refractivity contribution in [2.75, 3.05) is 68.0 Å². The zero-order valence-corrected chi connectivity index (χ0v) is 17.8. The van der Waals surface area contributed by atoms with E-state index in [-0.39, 0.29) is 5.91 Å². The van der Waals surface area contributed by atoms with Gasteiger partial charge in [0.05, 0.1) is 13.7 Å². The molecule has 6 heteroatoms. The maximum atomic E-state index is 12.5. The van der Waals surface area contributed by atoms with E-state index < -0.39 is 0 Å². The van der Waals surface area contributed by atoms with E-state index in [9.17, 15) is 4.79 Å². The molecule has 0 atom stereocenters. The summed E-state index contributed by atoms with van der Waals surface area (Å²) in [6.07, 6.45) is 3.87. The molecule has 160 valence electrons. The predicted molar refractivity (Wildman–Crippen MR) is 123 cm³/mol. The molecule has 2 heterocycles. The zero-order chi connectivity index (χ0) is 20.8. The van der Waals surface area contributed by atoms with Gasteiger partial charge < -0.3 is 19.9 Å². The van der Waals surface area contributed by atoms with Crippen LogP contribution in [0.3, 0.4) is 0 Å². The van der Waals surface area contributed by atoms with Crippen molar-refractivity contribution in [2.45, 2.75) is 19.3 Å². The molecule has 2 fully saturated rings. The van der Waals surface area contributed by atoms with E-state index in [1.807, 2.05) is 24.3 Å². The molecular formula is C24H32N4O2. The second-order valence-electron chi connectivity index (χ2n) is 8.11. The highest BCUT2D eigenvalue weighted by molar-refractivity contribution is 5.92. The highest BCUT2D eigenvalue weighted by Gasteiger charge is 2.19. The number of carbonyl (C=O) groups is 1. The van der Waals surface area contributed by atoms with Crippen molar-refractivity contribution in [1.82, 2.24) is 4.90 Å². The van der Waals surface area contributed by atoms with Crippen LogP contribution in [0, 0.1) is 0 Å². The monoisotopic (exact) mass is 408 g/mol. The van der Waals surface area contributed by atoms with Crippen molar-refractivity contribution in [3.63, 3.8) is 0 Å². The molecule has 0 aromatic heterocycles. The van der Waals surface area contributed by atoms with Crippen LogP contribution in [-0.2, 0) is 4.79 Å². The van der Waals surface area contributed by atoms with Crippen molar-refractivity contribution < 1.29 is 9.53 Å². The number of piperazine rings is 1. The number of piperidine rings is 1. The number of carbonyl (C=O) groups excluding carboxylic acids is 1. The molecule has 0 radical (unpaired) electrons. The quantitative estimate of drug-likeness (QED) is 0.793. The molecule has 0 saturated carbocycles. The third kappa shape index (κ3) is 5.25.